The van der Waals surface area contributed by atoms with Gasteiger partial charge < -0.3 is 16.5 Å². The highest BCUT2D eigenvalue weighted by molar-refractivity contribution is 6.31. The van der Waals surface area contributed by atoms with Crippen LogP contribution in [0.1, 0.15) is 17.5 Å². The van der Waals surface area contributed by atoms with Gasteiger partial charge in [-0.05, 0) is 35.7 Å². The van der Waals surface area contributed by atoms with Gasteiger partial charge >= 0.3 is 0 Å². The van der Waals surface area contributed by atoms with E-state index in [1.54, 1.807) is 12.1 Å². The number of carbonyl (C=O) groups excluding carboxylic acids is 1. The van der Waals surface area contributed by atoms with E-state index < -0.39 is 0 Å². The number of anilines is 1. The molecule has 0 aliphatic heterocycles. The normalized spacial score (nSPS) is 11.1. The quantitative estimate of drug-likeness (QED) is 0.704. The SMILES string of the molecule is N=C/C(=C\N)c1ccc(NC(=O)CCc2ccccc2Cl)cc1. The molecule has 2 aromatic carbocycles. The maximum atomic E-state index is 12.0. The molecule has 0 aromatic heterocycles. The highest BCUT2D eigenvalue weighted by Gasteiger charge is 2.06. The zero-order valence-corrected chi connectivity index (χ0v) is 13.3. The maximum Gasteiger partial charge on any atom is 0.224 e. The molecule has 2 aromatic rings. The number of hydrogen-bond donors (Lipinski definition) is 3. The van der Waals surface area contributed by atoms with E-state index in [-0.39, 0.29) is 5.91 Å². The van der Waals surface area contributed by atoms with Crippen LogP contribution >= 0.6 is 11.6 Å². The molecule has 118 valence electrons. The van der Waals surface area contributed by atoms with E-state index in [2.05, 4.69) is 5.32 Å². The molecule has 23 heavy (non-hydrogen) atoms. The van der Waals surface area contributed by atoms with Crippen molar-refractivity contribution in [3.05, 3.63) is 70.9 Å². The van der Waals surface area contributed by atoms with Gasteiger partial charge in [-0.15, -0.1) is 0 Å². The first-order valence-corrected chi connectivity index (χ1v) is 7.58. The number of hydrogen-bond acceptors (Lipinski definition) is 3. The molecule has 4 N–H and O–H groups in total. The van der Waals surface area contributed by atoms with E-state index in [4.69, 9.17) is 22.7 Å². The second kappa shape index (κ2) is 8.15. The van der Waals surface area contributed by atoms with E-state index in [1.807, 2.05) is 36.4 Å². The Morgan fingerprint density at radius 1 is 1.17 bits per heavy atom. The number of nitrogens with two attached hydrogens (primary N) is 1. The van der Waals surface area contributed by atoms with Crippen molar-refractivity contribution in [1.29, 1.82) is 5.41 Å². The monoisotopic (exact) mass is 327 g/mol. The molecule has 0 unspecified atom stereocenters. The molecule has 5 heteroatoms. The highest BCUT2D eigenvalue weighted by Crippen LogP contribution is 2.18. The van der Waals surface area contributed by atoms with Crippen LogP contribution in [0.15, 0.2) is 54.7 Å². The van der Waals surface area contributed by atoms with E-state index >= 15 is 0 Å². The van der Waals surface area contributed by atoms with Gasteiger partial charge in [0, 0.05) is 35.1 Å². The highest BCUT2D eigenvalue weighted by atomic mass is 35.5. The fourth-order valence-corrected chi connectivity index (χ4v) is 2.38. The average molecular weight is 328 g/mol. The summed E-state index contributed by atoms with van der Waals surface area (Å²) in [5.41, 5.74) is 8.57. The van der Waals surface area contributed by atoms with Gasteiger partial charge in [-0.2, -0.15) is 0 Å². The average Bonchev–Trinajstić information content (AvgIpc) is 2.57. The van der Waals surface area contributed by atoms with Gasteiger partial charge in [0.1, 0.15) is 0 Å². The third-order valence-electron chi connectivity index (χ3n) is 3.42. The Labute approximate surface area is 140 Å². The Bertz CT molecular complexity index is 723. The summed E-state index contributed by atoms with van der Waals surface area (Å²) in [4.78, 5) is 12.0. The summed E-state index contributed by atoms with van der Waals surface area (Å²) in [6.45, 7) is 0. The summed E-state index contributed by atoms with van der Waals surface area (Å²) >= 11 is 6.08. The zero-order valence-electron chi connectivity index (χ0n) is 12.6. The van der Waals surface area contributed by atoms with Crippen molar-refractivity contribution in [3.8, 4) is 0 Å². The summed E-state index contributed by atoms with van der Waals surface area (Å²) in [6.07, 6.45) is 3.53. The van der Waals surface area contributed by atoms with Crippen molar-refractivity contribution in [1.82, 2.24) is 0 Å². The summed E-state index contributed by atoms with van der Waals surface area (Å²) in [7, 11) is 0. The predicted octanol–water partition coefficient (Wildman–Crippen LogP) is 3.86. The molecule has 0 heterocycles. The molecule has 1 amide bonds. The predicted molar refractivity (Wildman–Crippen MR) is 95.8 cm³/mol. The Balaban J connectivity index is 1.93. The van der Waals surface area contributed by atoms with Crippen LogP contribution in [-0.4, -0.2) is 12.1 Å². The van der Waals surface area contributed by atoms with Gasteiger partial charge in [0.15, 0.2) is 0 Å². The first-order chi connectivity index (χ1) is 11.1. The minimum atomic E-state index is -0.0701. The van der Waals surface area contributed by atoms with Crippen LogP contribution in [-0.2, 0) is 11.2 Å². The second-order valence-electron chi connectivity index (χ2n) is 4.98. The lowest BCUT2D eigenvalue weighted by Crippen LogP contribution is -2.12. The molecule has 0 atom stereocenters. The Hall–Kier alpha value is -2.59. The lowest BCUT2D eigenvalue weighted by atomic mass is 10.1. The van der Waals surface area contributed by atoms with E-state index in [1.165, 1.54) is 12.4 Å². The van der Waals surface area contributed by atoms with Crippen molar-refractivity contribution < 1.29 is 4.79 Å². The molecular weight excluding hydrogens is 310 g/mol. The Kier molecular flexibility index (Phi) is 5.94. The van der Waals surface area contributed by atoms with Crippen LogP contribution in [0.5, 0.6) is 0 Å². The molecular formula is C18H18ClN3O. The first-order valence-electron chi connectivity index (χ1n) is 7.20. The molecule has 0 aliphatic rings. The fraction of sp³-hybridized carbons (Fsp3) is 0.111. The van der Waals surface area contributed by atoms with Gasteiger partial charge in [-0.3, -0.25) is 4.79 Å². The topological polar surface area (TPSA) is 79.0 Å². The smallest absolute Gasteiger partial charge is 0.224 e. The third kappa shape index (κ3) is 4.69. The van der Waals surface area contributed by atoms with Crippen molar-refractivity contribution in [3.63, 3.8) is 0 Å². The lowest BCUT2D eigenvalue weighted by molar-refractivity contribution is -0.116. The maximum absolute atomic E-state index is 12.0. The van der Waals surface area contributed by atoms with Gasteiger partial charge in [-0.1, -0.05) is 41.9 Å². The second-order valence-corrected chi connectivity index (χ2v) is 5.39. The summed E-state index contributed by atoms with van der Waals surface area (Å²) in [6, 6.07) is 14.7. The van der Waals surface area contributed by atoms with Crippen LogP contribution in [0.3, 0.4) is 0 Å². The van der Waals surface area contributed by atoms with Crippen LogP contribution in [0.4, 0.5) is 5.69 Å². The van der Waals surface area contributed by atoms with Crippen LogP contribution in [0.2, 0.25) is 5.02 Å². The number of aryl methyl sites for hydroxylation is 1. The standard InChI is InChI=1S/C18H18ClN3O/c19-17-4-2-1-3-14(17)7-10-18(23)22-16-8-5-13(6-9-16)15(11-20)12-21/h1-6,8-9,11-12,20H,7,10,21H2,(H,22,23)/b15-12+,20-11?. The molecule has 2 rings (SSSR count). The summed E-state index contributed by atoms with van der Waals surface area (Å²) in [5, 5.41) is 10.8. The lowest BCUT2D eigenvalue weighted by Gasteiger charge is -2.07. The van der Waals surface area contributed by atoms with Gasteiger partial charge in [0.25, 0.3) is 0 Å². The van der Waals surface area contributed by atoms with E-state index in [0.717, 1.165) is 11.1 Å². The van der Waals surface area contributed by atoms with Crippen molar-refractivity contribution in [2.24, 2.45) is 5.73 Å². The number of allylic oxidation sites excluding steroid dienone is 1. The summed E-state index contributed by atoms with van der Waals surface area (Å²) in [5.74, 6) is -0.0701. The third-order valence-corrected chi connectivity index (χ3v) is 3.79. The van der Waals surface area contributed by atoms with Gasteiger partial charge in [0.05, 0.1) is 0 Å². The number of carbonyl (C=O) groups is 1. The number of amides is 1. The number of benzene rings is 2. The molecule has 0 aliphatic carbocycles. The number of halogens is 1. The van der Waals surface area contributed by atoms with Crippen LogP contribution in [0, 0.1) is 5.41 Å². The molecule has 4 nitrogen and oxygen atoms in total. The molecule has 0 bridgehead atoms. The van der Waals surface area contributed by atoms with Crippen molar-refractivity contribution in [2.75, 3.05) is 5.32 Å². The molecule has 0 saturated carbocycles. The number of nitrogens with one attached hydrogen (secondary N) is 2. The molecule has 0 spiro atoms. The molecule has 0 saturated heterocycles. The summed E-state index contributed by atoms with van der Waals surface area (Å²) < 4.78 is 0. The molecule has 0 fully saturated rings. The van der Waals surface area contributed by atoms with Crippen LogP contribution < -0.4 is 11.1 Å². The van der Waals surface area contributed by atoms with Crippen LogP contribution in [0.25, 0.3) is 5.57 Å². The minimum Gasteiger partial charge on any atom is -0.404 e. The minimum absolute atomic E-state index is 0.0701. The molecule has 0 radical (unpaired) electrons. The number of rotatable bonds is 6. The van der Waals surface area contributed by atoms with Gasteiger partial charge in [0.2, 0.25) is 5.91 Å². The Morgan fingerprint density at radius 3 is 2.48 bits per heavy atom. The largest absolute Gasteiger partial charge is 0.404 e. The van der Waals surface area contributed by atoms with E-state index in [0.29, 0.717) is 29.1 Å². The first kappa shape index (κ1) is 16.8. The van der Waals surface area contributed by atoms with E-state index in [9.17, 15) is 4.79 Å². The van der Waals surface area contributed by atoms with Crippen molar-refractivity contribution >= 4 is 35.0 Å². The zero-order chi connectivity index (χ0) is 16.7. The fourth-order valence-electron chi connectivity index (χ4n) is 2.15. The Morgan fingerprint density at radius 2 is 1.87 bits per heavy atom. The van der Waals surface area contributed by atoms with Gasteiger partial charge in [-0.25, -0.2) is 0 Å². The van der Waals surface area contributed by atoms with Crippen molar-refractivity contribution in [2.45, 2.75) is 12.8 Å².